The van der Waals surface area contributed by atoms with E-state index in [4.69, 9.17) is 0 Å². The summed E-state index contributed by atoms with van der Waals surface area (Å²) in [5, 5.41) is 3.27. The molecule has 2 rings (SSSR count). The second-order valence-electron chi connectivity index (χ2n) is 5.51. The summed E-state index contributed by atoms with van der Waals surface area (Å²) in [5.41, 5.74) is 1.56. The Labute approximate surface area is 115 Å². The lowest BCUT2D eigenvalue weighted by molar-refractivity contribution is 0.0788. The van der Waals surface area contributed by atoms with Gasteiger partial charge in [-0.2, -0.15) is 0 Å². The first-order chi connectivity index (χ1) is 9.13. The maximum absolute atomic E-state index is 12.5. The lowest BCUT2D eigenvalue weighted by atomic mass is 10.2. The number of hydrogen-bond donors (Lipinski definition) is 1. The van der Waals surface area contributed by atoms with Gasteiger partial charge in [0.05, 0.1) is 17.4 Å². The third-order valence-electron chi connectivity index (χ3n) is 3.75. The van der Waals surface area contributed by atoms with E-state index >= 15 is 0 Å². The van der Waals surface area contributed by atoms with Crippen molar-refractivity contribution in [2.75, 3.05) is 25.5 Å². The average Bonchev–Trinajstić information content (AvgIpc) is 3.11. The number of anilines is 1. The molecule has 0 aromatic carbocycles. The van der Waals surface area contributed by atoms with Crippen LogP contribution in [0.2, 0.25) is 0 Å². The maximum Gasteiger partial charge on any atom is 0.255 e. The molecule has 1 N–H and O–H groups in total. The molecular weight excluding hydrogens is 238 g/mol. The molecule has 0 bridgehead atoms. The van der Waals surface area contributed by atoms with Crippen LogP contribution in [0.3, 0.4) is 0 Å². The van der Waals surface area contributed by atoms with Gasteiger partial charge >= 0.3 is 0 Å². The fourth-order valence-electron chi connectivity index (χ4n) is 2.28. The second kappa shape index (κ2) is 6.04. The number of amides is 1. The highest BCUT2D eigenvalue weighted by molar-refractivity contribution is 5.99. The molecule has 0 aliphatic heterocycles. The van der Waals surface area contributed by atoms with Crippen molar-refractivity contribution in [3.8, 4) is 0 Å². The topological polar surface area (TPSA) is 45.2 Å². The highest BCUT2D eigenvalue weighted by Crippen LogP contribution is 2.38. The number of aromatic nitrogens is 1. The van der Waals surface area contributed by atoms with Crippen molar-refractivity contribution in [1.82, 2.24) is 9.88 Å². The van der Waals surface area contributed by atoms with E-state index < -0.39 is 0 Å². The summed E-state index contributed by atoms with van der Waals surface area (Å²) in [6.45, 7) is 6.06. The van der Waals surface area contributed by atoms with Gasteiger partial charge in [0.15, 0.2) is 0 Å². The third kappa shape index (κ3) is 3.46. The maximum atomic E-state index is 12.5. The van der Waals surface area contributed by atoms with Gasteiger partial charge in [0.1, 0.15) is 0 Å². The molecule has 2 atom stereocenters. The molecule has 0 radical (unpaired) electrons. The van der Waals surface area contributed by atoms with E-state index in [1.807, 2.05) is 11.9 Å². The van der Waals surface area contributed by atoms with Crippen LogP contribution in [-0.2, 0) is 0 Å². The summed E-state index contributed by atoms with van der Waals surface area (Å²) >= 11 is 0. The van der Waals surface area contributed by atoms with Crippen molar-refractivity contribution in [3.63, 3.8) is 0 Å². The normalized spacial score (nSPS) is 21.0. The highest BCUT2D eigenvalue weighted by Gasteiger charge is 2.34. The zero-order valence-corrected chi connectivity index (χ0v) is 12.0. The summed E-state index contributed by atoms with van der Waals surface area (Å²) in [4.78, 5) is 18.4. The fraction of sp³-hybridized carbons (Fsp3) is 0.600. The summed E-state index contributed by atoms with van der Waals surface area (Å²) in [6.07, 6.45) is 5.68. The van der Waals surface area contributed by atoms with Crippen LogP contribution in [-0.4, -0.2) is 35.9 Å². The standard InChI is InChI=1S/C15H23N3O/c1-4-6-17-14-9-16-7-5-13(14)15(19)18(3)10-12-8-11(12)2/h5,7,9,11-12,17H,4,6,8,10H2,1-3H3. The largest absolute Gasteiger partial charge is 0.383 e. The molecule has 1 heterocycles. The van der Waals surface area contributed by atoms with E-state index in [1.165, 1.54) is 6.42 Å². The first-order valence-electron chi connectivity index (χ1n) is 7.06. The number of nitrogens with one attached hydrogen (secondary N) is 1. The van der Waals surface area contributed by atoms with Gasteiger partial charge in [-0.3, -0.25) is 9.78 Å². The van der Waals surface area contributed by atoms with Gasteiger partial charge < -0.3 is 10.2 Å². The van der Waals surface area contributed by atoms with E-state index in [-0.39, 0.29) is 5.91 Å². The lowest BCUT2D eigenvalue weighted by Gasteiger charge is -2.19. The van der Waals surface area contributed by atoms with Crippen LogP contribution < -0.4 is 5.32 Å². The molecule has 1 aromatic rings. The van der Waals surface area contributed by atoms with Crippen molar-refractivity contribution >= 4 is 11.6 Å². The minimum Gasteiger partial charge on any atom is -0.383 e. The summed E-state index contributed by atoms with van der Waals surface area (Å²) < 4.78 is 0. The Morgan fingerprint density at radius 2 is 2.32 bits per heavy atom. The Hall–Kier alpha value is -1.58. The molecule has 0 spiro atoms. The first kappa shape index (κ1) is 13.8. The number of carbonyl (C=O) groups excluding carboxylic acids is 1. The first-order valence-corrected chi connectivity index (χ1v) is 7.06. The van der Waals surface area contributed by atoms with Crippen molar-refractivity contribution in [1.29, 1.82) is 0 Å². The fourth-order valence-corrected chi connectivity index (χ4v) is 2.28. The minimum atomic E-state index is 0.0834. The second-order valence-corrected chi connectivity index (χ2v) is 5.51. The monoisotopic (exact) mass is 261 g/mol. The smallest absolute Gasteiger partial charge is 0.255 e. The Balaban J connectivity index is 2.04. The molecule has 1 aliphatic carbocycles. The zero-order chi connectivity index (χ0) is 13.8. The molecule has 1 aliphatic rings. The van der Waals surface area contributed by atoms with Crippen LogP contribution in [0.4, 0.5) is 5.69 Å². The van der Waals surface area contributed by atoms with Crippen LogP contribution >= 0.6 is 0 Å². The number of rotatable bonds is 6. The van der Waals surface area contributed by atoms with E-state index in [1.54, 1.807) is 18.5 Å². The van der Waals surface area contributed by atoms with Crippen LogP contribution in [0.15, 0.2) is 18.5 Å². The van der Waals surface area contributed by atoms with Gasteiger partial charge in [-0.15, -0.1) is 0 Å². The lowest BCUT2D eigenvalue weighted by Crippen LogP contribution is -2.29. The van der Waals surface area contributed by atoms with Gasteiger partial charge in [-0.1, -0.05) is 13.8 Å². The third-order valence-corrected chi connectivity index (χ3v) is 3.75. The van der Waals surface area contributed by atoms with Crippen LogP contribution in [0.25, 0.3) is 0 Å². The number of carbonyl (C=O) groups is 1. The van der Waals surface area contributed by atoms with Crippen molar-refractivity contribution in [2.45, 2.75) is 26.7 Å². The molecule has 1 amide bonds. The minimum absolute atomic E-state index is 0.0834. The molecule has 1 saturated carbocycles. The average molecular weight is 261 g/mol. The van der Waals surface area contributed by atoms with Gasteiger partial charge in [0, 0.05) is 26.3 Å². The molecule has 0 saturated heterocycles. The number of nitrogens with zero attached hydrogens (tertiary/aromatic N) is 2. The molecule has 1 fully saturated rings. The SMILES string of the molecule is CCCNc1cnccc1C(=O)N(C)CC1CC1C. The van der Waals surface area contributed by atoms with E-state index in [0.717, 1.165) is 36.7 Å². The summed E-state index contributed by atoms with van der Waals surface area (Å²) in [7, 11) is 1.89. The summed E-state index contributed by atoms with van der Waals surface area (Å²) in [6, 6.07) is 1.80. The number of hydrogen-bond acceptors (Lipinski definition) is 3. The van der Waals surface area contributed by atoms with Gasteiger partial charge in [-0.25, -0.2) is 0 Å². The van der Waals surface area contributed by atoms with Crippen LogP contribution in [0, 0.1) is 11.8 Å². The van der Waals surface area contributed by atoms with Gasteiger partial charge in [-0.05, 0) is 30.7 Å². The van der Waals surface area contributed by atoms with Gasteiger partial charge in [0.2, 0.25) is 0 Å². The quantitative estimate of drug-likeness (QED) is 0.856. The highest BCUT2D eigenvalue weighted by atomic mass is 16.2. The van der Waals surface area contributed by atoms with Crippen LogP contribution in [0.1, 0.15) is 37.0 Å². The predicted molar refractivity (Wildman–Crippen MR) is 77.2 cm³/mol. The predicted octanol–water partition coefficient (Wildman–Crippen LogP) is 2.63. The zero-order valence-electron chi connectivity index (χ0n) is 12.0. The molecule has 4 heteroatoms. The van der Waals surface area contributed by atoms with Gasteiger partial charge in [0.25, 0.3) is 5.91 Å². The molecule has 104 valence electrons. The van der Waals surface area contributed by atoms with E-state index in [0.29, 0.717) is 5.92 Å². The van der Waals surface area contributed by atoms with Crippen molar-refractivity contribution in [2.24, 2.45) is 11.8 Å². The Morgan fingerprint density at radius 3 is 2.95 bits per heavy atom. The number of pyridine rings is 1. The van der Waals surface area contributed by atoms with Crippen molar-refractivity contribution in [3.05, 3.63) is 24.0 Å². The Bertz CT molecular complexity index is 447. The molecule has 19 heavy (non-hydrogen) atoms. The summed E-state index contributed by atoms with van der Waals surface area (Å²) in [5.74, 6) is 1.54. The van der Waals surface area contributed by atoms with Crippen molar-refractivity contribution < 1.29 is 4.79 Å². The van der Waals surface area contributed by atoms with E-state index in [2.05, 4.69) is 24.1 Å². The Kier molecular flexibility index (Phi) is 4.40. The molecule has 2 unspecified atom stereocenters. The van der Waals surface area contributed by atoms with E-state index in [9.17, 15) is 4.79 Å². The molecule has 1 aromatic heterocycles. The molecule has 4 nitrogen and oxygen atoms in total. The Morgan fingerprint density at radius 1 is 1.58 bits per heavy atom. The van der Waals surface area contributed by atoms with Crippen LogP contribution in [0.5, 0.6) is 0 Å². The molecular formula is C15H23N3O.